The summed E-state index contributed by atoms with van der Waals surface area (Å²) < 4.78 is 2.03. The lowest BCUT2D eigenvalue weighted by atomic mass is 9.84. The van der Waals surface area contributed by atoms with E-state index in [4.69, 9.17) is 0 Å². The first kappa shape index (κ1) is 19.4. The molecule has 0 spiro atoms. The number of carbonyl (C=O) groups excluding carboxylic acids is 1. The number of Topliss-reactive ketones (excluding diaryl/α,β-unsaturated/α-hetero) is 1. The number of hydrogen-bond donors (Lipinski definition) is 0. The Hall–Kier alpha value is -1.92. The molecule has 4 rings (SSSR count). The Morgan fingerprint density at radius 1 is 1.14 bits per heavy atom. The fraction of sp³-hybridized carbons (Fsp3) is 0.409. The molecule has 0 radical (unpaired) electrons. The average molecular weight is 412 g/mol. The van der Waals surface area contributed by atoms with Gasteiger partial charge in [0.25, 0.3) is 0 Å². The molecule has 3 aromatic rings. The zero-order valence-electron chi connectivity index (χ0n) is 15.9. The van der Waals surface area contributed by atoms with Crippen LogP contribution in [-0.2, 0) is 13.0 Å². The monoisotopic (exact) mass is 411 g/mol. The lowest BCUT2D eigenvalue weighted by Gasteiger charge is -2.22. The minimum atomic E-state index is 0.146. The highest BCUT2D eigenvalue weighted by atomic mass is 32.2. The van der Waals surface area contributed by atoms with Crippen molar-refractivity contribution < 1.29 is 4.79 Å². The van der Waals surface area contributed by atoms with Crippen LogP contribution in [-0.4, -0.2) is 26.3 Å². The summed E-state index contributed by atoms with van der Waals surface area (Å²) in [6.45, 7) is 0.833. The molecule has 1 aromatic carbocycles. The second kappa shape index (κ2) is 9.52. The molecule has 0 aliphatic heterocycles. The molecule has 4 nitrogen and oxygen atoms in total. The maximum Gasteiger partial charge on any atom is 0.191 e. The van der Waals surface area contributed by atoms with Gasteiger partial charge in [0.1, 0.15) is 6.33 Å². The molecule has 1 fully saturated rings. The number of thioether (sulfide) groups is 1. The van der Waals surface area contributed by atoms with E-state index in [0.29, 0.717) is 11.7 Å². The highest BCUT2D eigenvalue weighted by Crippen LogP contribution is 2.32. The van der Waals surface area contributed by atoms with Crippen LogP contribution in [0.4, 0.5) is 0 Å². The second-order valence-corrected chi connectivity index (χ2v) is 9.28. The Bertz CT molecular complexity index is 881. The van der Waals surface area contributed by atoms with Crippen LogP contribution in [0.15, 0.2) is 53.3 Å². The smallest absolute Gasteiger partial charge is 0.191 e. The van der Waals surface area contributed by atoms with Gasteiger partial charge in [0, 0.05) is 17.0 Å². The van der Waals surface area contributed by atoms with E-state index < -0.39 is 0 Å². The Kier molecular flexibility index (Phi) is 6.60. The first-order chi connectivity index (χ1) is 13.8. The Balaban J connectivity index is 1.31. The predicted octanol–water partition coefficient (Wildman–Crippen LogP) is 5.61. The Morgan fingerprint density at radius 3 is 2.71 bits per heavy atom. The van der Waals surface area contributed by atoms with Gasteiger partial charge in [-0.2, -0.15) is 0 Å². The molecule has 1 saturated carbocycles. The number of aryl methyl sites for hydroxylation is 2. The van der Waals surface area contributed by atoms with Crippen molar-refractivity contribution in [1.82, 2.24) is 14.8 Å². The lowest BCUT2D eigenvalue weighted by molar-refractivity contribution is 0.102. The number of nitrogens with zero attached hydrogens (tertiary/aromatic N) is 3. The van der Waals surface area contributed by atoms with Crippen molar-refractivity contribution in [1.29, 1.82) is 0 Å². The summed E-state index contributed by atoms with van der Waals surface area (Å²) in [7, 11) is 0. The van der Waals surface area contributed by atoms with Crippen molar-refractivity contribution in [2.24, 2.45) is 0 Å². The van der Waals surface area contributed by atoms with E-state index in [9.17, 15) is 4.79 Å². The van der Waals surface area contributed by atoms with Gasteiger partial charge in [-0.05, 0) is 42.2 Å². The summed E-state index contributed by atoms with van der Waals surface area (Å²) in [6.07, 6.45) is 9.29. The quantitative estimate of drug-likeness (QED) is 0.357. The maximum absolute atomic E-state index is 12.6. The molecule has 1 aliphatic carbocycles. The van der Waals surface area contributed by atoms with Gasteiger partial charge in [-0.15, -0.1) is 21.5 Å². The molecule has 1 aliphatic rings. The normalized spacial score (nSPS) is 15.0. The Morgan fingerprint density at radius 2 is 1.96 bits per heavy atom. The van der Waals surface area contributed by atoms with Crippen molar-refractivity contribution in [3.8, 4) is 0 Å². The van der Waals surface area contributed by atoms with Gasteiger partial charge >= 0.3 is 0 Å². The van der Waals surface area contributed by atoms with Gasteiger partial charge in [0.2, 0.25) is 0 Å². The van der Waals surface area contributed by atoms with Crippen molar-refractivity contribution in [3.63, 3.8) is 0 Å². The van der Waals surface area contributed by atoms with Crippen LogP contribution in [0, 0.1) is 0 Å². The molecule has 0 N–H and O–H groups in total. The van der Waals surface area contributed by atoms with Gasteiger partial charge in [0.05, 0.1) is 5.75 Å². The standard InChI is InChI=1S/C22H25N3OS2/c26-21(19-10-8-18(9-11-19)17-5-2-1-3-6-17)15-28-22-24-23-16-25(22)13-12-20-7-4-14-27-20/h4,7-11,14,16-17H,1-3,5-6,12-13,15H2. The first-order valence-electron chi connectivity index (χ1n) is 9.96. The van der Waals surface area contributed by atoms with Gasteiger partial charge in [-0.1, -0.05) is 61.4 Å². The molecule has 2 heterocycles. The predicted molar refractivity (Wildman–Crippen MR) is 115 cm³/mol. The maximum atomic E-state index is 12.6. The largest absolute Gasteiger partial charge is 0.308 e. The van der Waals surface area contributed by atoms with E-state index in [0.717, 1.165) is 23.7 Å². The van der Waals surface area contributed by atoms with E-state index in [2.05, 4.69) is 39.8 Å². The number of aromatic nitrogens is 3. The number of rotatable bonds is 8. The van der Waals surface area contributed by atoms with Crippen LogP contribution < -0.4 is 0 Å². The van der Waals surface area contributed by atoms with Crippen molar-refractivity contribution in [2.75, 3.05) is 5.75 Å². The number of benzene rings is 1. The molecule has 0 atom stereocenters. The van der Waals surface area contributed by atoms with Gasteiger partial charge in [0.15, 0.2) is 10.9 Å². The average Bonchev–Trinajstić information content (AvgIpc) is 3.43. The molecule has 146 valence electrons. The zero-order valence-corrected chi connectivity index (χ0v) is 17.6. The molecular weight excluding hydrogens is 386 g/mol. The minimum Gasteiger partial charge on any atom is -0.308 e. The second-order valence-electron chi connectivity index (χ2n) is 7.31. The van der Waals surface area contributed by atoms with E-state index in [1.807, 2.05) is 16.7 Å². The summed E-state index contributed by atoms with van der Waals surface area (Å²) in [4.78, 5) is 14.0. The van der Waals surface area contributed by atoms with Crippen LogP contribution >= 0.6 is 23.1 Å². The number of hydrogen-bond acceptors (Lipinski definition) is 5. The van der Waals surface area contributed by atoms with Crippen LogP contribution in [0.5, 0.6) is 0 Å². The summed E-state index contributed by atoms with van der Waals surface area (Å²) >= 11 is 3.23. The van der Waals surface area contributed by atoms with Crippen molar-refractivity contribution >= 4 is 28.9 Å². The molecule has 2 aromatic heterocycles. The highest BCUT2D eigenvalue weighted by Gasteiger charge is 2.16. The van der Waals surface area contributed by atoms with E-state index >= 15 is 0 Å². The third kappa shape index (κ3) is 4.92. The van der Waals surface area contributed by atoms with Crippen LogP contribution in [0.1, 0.15) is 58.8 Å². The lowest BCUT2D eigenvalue weighted by Crippen LogP contribution is -2.07. The van der Waals surface area contributed by atoms with Gasteiger partial charge < -0.3 is 4.57 Å². The molecule has 6 heteroatoms. The van der Waals surface area contributed by atoms with E-state index in [1.165, 1.54) is 54.3 Å². The van der Waals surface area contributed by atoms with Gasteiger partial charge in [-0.3, -0.25) is 4.79 Å². The highest BCUT2D eigenvalue weighted by molar-refractivity contribution is 7.99. The topological polar surface area (TPSA) is 47.8 Å². The molecule has 0 bridgehead atoms. The molecular formula is C22H25N3OS2. The van der Waals surface area contributed by atoms with Crippen molar-refractivity contribution in [2.45, 2.75) is 56.1 Å². The Labute approximate surface area is 174 Å². The SMILES string of the molecule is O=C(CSc1nncn1CCc1cccs1)c1ccc(C2CCCCC2)cc1. The summed E-state index contributed by atoms with van der Waals surface area (Å²) in [6, 6.07) is 12.5. The number of ketones is 1. The third-order valence-corrected chi connectivity index (χ3v) is 7.32. The van der Waals surface area contributed by atoms with Crippen LogP contribution in [0.3, 0.4) is 0 Å². The molecule has 0 saturated heterocycles. The molecule has 0 amide bonds. The fourth-order valence-electron chi connectivity index (χ4n) is 3.79. The molecule has 28 heavy (non-hydrogen) atoms. The summed E-state index contributed by atoms with van der Waals surface area (Å²) in [5, 5.41) is 11.1. The van der Waals surface area contributed by atoms with E-state index in [-0.39, 0.29) is 5.78 Å². The van der Waals surface area contributed by atoms with Crippen LogP contribution in [0.25, 0.3) is 0 Å². The number of thiophene rings is 1. The summed E-state index contributed by atoms with van der Waals surface area (Å²) in [5.74, 6) is 1.21. The van der Waals surface area contributed by atoms with E-state index in [1.54, 1.807) is 17.7 Å². The minimum absolute atomic E-state index is 0.146. The fourth-order valence-corrected chi connectivity index (χ4v) is 5.32. The molecule has 0 unspecified atom stereocenters. The summed E-state index contributed by atoms with van der Waals surface area (Å²) in [5.41, 5.74) is 2.17. The third-order valence-electron chi connectivity index (χ3n) is 5.40. The van der Waals surface area contributed by atoms with Crippen LogP contribution in [0.2, 0.25) is 0 Å². The van der Waals surface area contributed by atoms with Crippen molar-refractivity contribution in [3.05, 3.63) is 64.1 Å². The number of carbonyl (C=O) groups is 1. The zero-order chi connectivity index (χ0) is 19.2. The van der Waals surface area contributed by atoms with Gasteiger partial charge in [-0.25, -0.2) is 0 Å². The first-order valence-corrected chi connectivity index (χ1v) is 11.8.